The number of aliphatic imine (C=N–C) groups is 1. The highest BCUT2D eigenvalue weighted by Crippen LogP contribution is 2.26. The van der Waals surface area contributed by atoms with Crippen LogP contribution in [0.25, 0.3) is 0 Å². The molecule has 0 aromatic heterocycles. The molecule has 0 radical (unpaired) electrons. The molecule has 2 fully saturated rings. The summed E-state index contributed by atoms with van der Waals surface area (Å²) in [7, 11) is 0. The summed E-state index contributed by atoms with van der Waals surface area (Å²) >= 11 is 0. The number of carbonyl (C=O) groups is 1. The molecule has 6 nitrogen and oxygen atoms in total. The van der Waals surface area contributed by atoms with Crippen LogP contribution in [-0.2, 0) is 4.79 Å². The number of hydrogen-bond acceptors (Lipinski definition) is 3. The van der Waals surface area contributed by atoms with Crippen LogP contribution in [0.2, 0.25) is 0 Å². The molecule has 28 heavy (non-hydrogen) atoms. The van der Waals surface area contributed by atoms with Gasteiger partial charge in [0.05, 0.1) is 6.54 Å². The molecule has 1 saturated carbocycles. The summed E-state index contributed by atoms with van der Waals surface area (Å²) in [6, 6.07) is 6.58. The predicted molar refractivity (Wildman–Crippen MR) is 111 cm³/mol. The summed E-state index contributed by atoms with van der Waals surface area (Å²) in [5, 5.41) is 2.96. The lowest BCUT2D eigenvalue weighted by Crippen LogP contribution is -2.51. The van der Waals surface area contributed by atoms with Gasteiger partial charge < -0.3 is 20.9 Å². The van der Waals surface area contributed by atoms with Crippen LogP contribution in [0, 0.1) is 11.7 Å². The Labute approximate surface area is 167 Å². The van der Waals surface area contributed by atoms with Gasteiger partial charge in [-0.25, -0.2) is 4.39 Å². The van der Waals surface area contributed by atoms with Crippen LogP contribution >= 0.6 is 0 Å². The molecule has 154 valence electrons. The standard InChI is InChI=1S/C21H32FN5O/c22-18-6-8-19(9-7-18)26-12-14-27(15-13-26)21(23)25-11-10-24-20(28)16-17-4-2-1-3-5-17/h6-9,17H,1-5,10-16H2,(H2,23,25)(H,24,28). The van der Waals surface area contributed by atoms with Crippen molar-refractivity contribution in [3.63, 3.8) is 0 Å². The van der Waals surface area contributed by atoms with Crippen molar-refractivity contribution in [1.82, 2.24) is 10.2 Å². The molecule has 1 aromatic rings. The minimum absolute atomic E-state index is 0.133. The van der Waals surface area contributed by atoms with E-state index in [0.29, 0.717) is 31.4 Å². The van der Waals surface area contributed by atoms with E-state index < -0.39 is 0 Å². The van der Waals surface area contributed by atoms with Crippen LogP contribution in [0.4, 0.5) is 10.1 Å². The zero-order valence-corrected chi connectivity index (χ0v) is 16.6. The van der Waals surface area contributed by atoms with Gasteiger partial charge >= 0.3 is 0 Å². The molecule has 3 rings (SSSR count). The molecule has 0 atom stereocenters. The Balaban J connectivity index is 1.34. The smallest absolute Gasteiger partial charge is 0.220 e. The van der Waals surface area contributed by atoms with Gasteiger partial charge in [-0.05, 0) is 43.0 Å². The molecule has 1 amide bonds. The molecule has 1 saturated heterocycles. The zero-order valence-electron chi connectivity index (χ0n) is 16.6. The van der Waals surface area contributed by atoms with E-state index in [1.165, 1.54) is 44.2 Å². The first-order chi connectivity index (χ1) is 13.6. The van der Waals surface area contributed by atoms with E-state index in [-0.39, 0.29) is 11.7 Å². The van der Waals surface area contributed by atoms with Gasteiger partial charge in [0.25, 0.3) is 0 Å². The first-order valence-corrected chi connectivity index (χ1v) is 10.4. The highest BCUT2D eigenvalue weighted by Gasteiger charge is 2.19. The summed E-state index contributed by atoms with van der Waals surface area (Å²) < 4.78 is 13.1. The first-order valence-electron chi connectivity index (χ1n) is 10.4. The van der Waals surface area contributed by atoms with Gasteiger partial charge in [0.15, 0.2) is 5.96 Å². The monoisotopic (exact) mass is 389 g/mol. The van der Waals surface area contributed by atoms with Gasteiger partial charge in [0.1, 0.15) is 5.82 Å². The van der Waals surface area contributed by atoms with Crippen LogP contribution in [0.3, 0.4) is 0 Å². The zero-order chi connectivity index (χ0) is 19.8. The van der Waals surface area contributed by atoms with Crippen molar-refractivity contribution < 1.29 is 9.18 Å². The van der Waals surface area contributed by atoms with E-state index in [2.05, 4.69) is 20.1 Å². The third-order valence-electron chi connectivity index (χ3n) is 5.70. The molecule has 1 aromatic carbocycles. The van der Waals surface area contributed by atoms with E-state index >= 15 is 0 Å². The Kier molecular flexibility index (Phi) is 7.51. The summed E-state index contributed by atoms with van der Waals surface area (Å²) in [5.41, 5.74) is 7.14. The molecule has 0 spiro atoms. The lowest BCUT2D eigenvalue weighted by molar-refractivity contribution is -0.122. The molecule has 0 unspecified atom stereocenters. The van der Waals surface area contributed by atoms with Crippen LogP contribution in [0.1, 0.15) is 38.5 Å². The van der Waals surface area contributed by atoms with Crippen molar-refractivity contribution in [2.24, 2.45) is 16.6 Å². The molecule has 0 bridgehead atoms. The second kappa shape index (κ2) is 10.3. The minimum atomic E-state index is -0.218. The van der Waals surface area contributed by atoms with Gasteiger partial charge in [-0.3, -0.25) is 9.79 Å². The first kappa shape index (κ1) is 20.4. The third kappa shape index (κ3) is 6.11. The summed E-state index contributed by atoms with van der Waals surface area (Å²) in [6.07, 6.45) is 6.83. The van der Waals surface area contributed by atoms with E-state index in [1.54, 1.807) is 12.1 Å². The van der Waals surface area contributed by atoms with Crippen molar-refractivity contribution in [3.05, 3.63) is 30.1 Å². The topological polar surface area (TPSA) is 74.0 Å². The lowest BCUT2D eigenvalue weighted by atomic mass is 9.87. The quantitative estimate of drug-likeness (QED) is 0.445. The number of guanidine groups is 1. The van der Waals surface area contributed by atoms with Crippen LogP contribution in [0.15, 0.2) is 29.3 Å². The summed E-state index contributed by atoms with van der Waals surface area (Å²) in [6.45, 7) is 4.23. The molecule has 1 aliphatic heterocycles. The predicted octanol–water partition coefficient (Wildman–Crippen LogP) is 2.35. The fraction of sp³-hybridized carbons (Fsp3) is 0.619. The van der Waals surface area contributed by atoms with Gasteiger partial charge in [-0.15, -0.1) is 0 Å². The largest absolute Gasteiger partial charge is 0.370 e. The van der Waals surface area contributed by atoms with E-state index in [1.807, 2.05) is 0 Å². The van der Waals surface area contributed by atoms with Gasteiger partial charge in [0.2, 0.25) is 5.91 Å². The number of amides is 1. The maximum atomic E-state index is 13.1. The van der Waals surface area contributed by atoms with Crippen LogP contribution < -0.4 is 16.0 Å². The number of nitrogens with two attached hydrogens (primary N) is 1. The van der Waals surface area contributed by atoms with E-state index in [9.17, 15) is 9.18 Å². The minimum Gasteiger partial charge on any atom is -0.370 e. The van der Waals surface area contributed by atoms with Crippen molar-refractivity contribution in [1.29, 1.82) is 0 Å². The molecule has 1 heterocycles. The number of rotatable bonds is 6. The second-order valence-corrected chi connectivity index (χ2v) is 7.75. The number of hydrogen-bond donors (Lipinski definition) is 2. The Morgan fingerprint density at radius 2 is 1.79 bits per heavy atom. The average molecular weight is 390 g/mol. The maximum absolute atomic E-state index is 13.1. The normalized spacial score (nSPS) is 19.0. The molecular weight excluding hydrogens is 357 g/mol. The number of nitrogens with one attached hydrogen (secondary N) is 1. The van der Waals surface area contributed by atoms with E-state index in [0.717, 1.165) is 31.9 Å². The number of anilines is 1. The third-order valence-corrected chi connectivity index (χ3v) is 5.70. The highest BCUT2D eigenvalue weighted by atomic mass is 19.1. The van der Waals surface area contributed by atoms with Crippen molar-refractivity contribution >= 4 is 17.6 Å². The van der Waals surface area contributed by atoms with Crippen molar-refractivity contribution in [2.75, 3.05) is 44.2 Å². The number of halogens is 1. The fourth-order valence-corrected chi connectivity index (χ4v) is 4.04. The van der Waals surface area contributed by atoms with Crippen molar-refractivity contribution in [2.45, 2.75) is 38.5 Å². The molecule has 2 aliphatic rings. The average Bonchev–Trinajstić information content (AvgIpc) is 2.72. The Bertz CT molecular complexity index is 649. The van der Waals surface area contributed by atoms with Crippen molar-refractivity contribution in [3.8, 4) is 0 Å². The number of benzene rings is 1. The van der Waals surface area contributed by atoms with Gasteiger partial charge in [-0.1, -0.05) is 19.3 Å². The summed E-state index contributed by atoms with van der Waals surface area (Å²) in [5.74, 6) is 0.998. The number of piperazine rings is 1. The maximum Gasteiger partial charge on any atom is 0.220 e. The SMILES string of the molecule is NC(=NCCNC(=O)CC1CCCCC1)N1CCN(c2ccc(F)cc2)CC1. The molecular formula is C21H32FN5O. The van der Waals surface area contributed by atoms with Gasteiger partial charge in [0, 0.05) is 44.8 Å². The van der Waals surface area contributed by atoms with Crippen LogP contribution in [-0.4, -0.2) is 56.0 Å². The number of nitrogens with zero attached hydrogens (tertiary/aromatic N) is 3. The molecule has 7 heteroatoms. The van der Waals surface area contributed by atoms with E-state index in [4.69, 9.17) is 5.73 Å². The second-order valence-electron chi connectivity index (χ2n) is 7.75. The lowest BCUT2D eigenvalue weighted by Gasteiger charge is -2.36. The number of carbonyl (C=O) groups excluding carboxylic acids is 1. The molecule has 3 N–H and O–H groups in total. The Hall–Kier alpha value is -2.31. The summed E-state index contributed by atoms with van der Waals surface area (Å²) in [4.78, 5) is 20.7. The van der Waals surface area contributed by atoms with Gasteiger partial charge in [-0.2, -0.15) is 0 Å². The van der Waals surface area contributed by atoms with Crippen LogP contribution in [0.5, 0.6) is 0 Å². The Morgan fingerprint density at radius 1 is 1.11 bits per heavy atom. The fourth-order valence-electron chi connectivity index (χ4n) is 4.04. The Morgan fingerprint density at radius 3 is 2.46 bits per heavy atom. The highest BCUT2D eigenvalue weighted by molar-refractivity contribution is 5.78. The molecule has 1 aliphatic carbocycles.